The zero-order valence-corrected chi connectivity index (χ0v) is 12.9. The zero-order chi connectivity index (χ0) is 15.8. The monoisotopic (exact) mass is 326 g/mol. The van der Waals surface area contributed by atoms with Gasteiger partial charge in [-0.15, -0.1) is 11.3 Å². The summed E-state index contributed by atoms with van der Waals surface area (Å²) in [5.41, 5.74) is 2.25. The number of carbonyl (C=O) groups is 1. The lowest BCUT2D eigenvalue weighted by molar-refractivity contribution is 0.0854. The minimum Gasteiger partial charge on any atom is -0.442 e. The number of rotatable bonds is 3. The van der Waals surface area contributed by atoms with Crippen molar-refractivity contribution in [2.24, 2.45) is 0 Å². The summed E-state index contributed by atoms with van der Waals surface area (Å²) >= 11 is 1.48. The first kappa shape index (κ1) is 14.2. The van der Waals surface area contributed by atoms with Gasteiger partial charge in [-0.25, -0.2) is 4.98 Å². The molecule has 2 heterocycles. The van der Waals surface area contributed by atoms with Gasteiger partial charge in [0, 0.05) is 6.42 Å². The third-order valence-corrected chi connectivity index (χ3v) is 4.89. The molecule has 23 heavy (non-hydrogen) atoms. The number of nitrogens with one attached hydrogen (secondary N) is 1. The van der Waals surface area contributed by atoms with Crippen LogP contribution in [0.3, 0.4) is 0 Å². The highest BCUT2D eigenvalue weighted by atomic mass is 32.1. The van der Waals surface area contributed by atoms with E-state index >= 15 is 0 Å². The van der Waals surface area contributed by atoms with Gasteiger partial charge < -0.3 is 14.8 Å². The molecule has 0 aliphatic heterocycles. The quantitative estimate of drug-likeness (QED) is 0.776. The predicted molar refractivity (Wildman–Crippen MR) is 86.2 cm³/mol. The van der Waals surface area contributed by atoms with E-state index in [0.29, 0.717) is 12.2 Å². The van der Waals surface area contributed by atoms with Crippen molar-refractivity contribution in [1.82, 2.24) is 10.3 Å². The van der Waals surface area contributed by atoms with Crippen LogP contribution in [0.15, 0.2) is 52.6 Å². The van der Waals surface area contributed by atoms with Crippen molar-refractivity contribution in [1.29, 1.82) is 0 Å². The Morgan fingerprint density at radius 2 is 2.17 bits per heavy atom. The van der Waals surface area contributed by atoms with Crippen molar-refractivity contribution in [3.63, 3.8) is 0 Å². The molecule has 0 saturated heterocycles. The van der Waals surface area contributed by atoms with Gasteiger partial charge in [0.1, 0.15) is 0 Å². The number of aliphatic hydroxyl groups is 1. The maximum Gasteiger partial charge on any atom is 0.274 e. The van der Waals surface area contributed by atoms with Crippen LogP contribution in [-0.2, 0) is 6.42 Å². The van der Waals surface area contributed by atoms with E-state index in [1.165, 1.54) is 17.7 Å². The average Bonchev–Trinajstić information content (AvgIpc) is 3.26. The first-order valence-electron chi connectivity index (χ1n) is 7.28. The molecule has 0 spiro atoms. The first-order valence-corrected chi connectivity index (χ1v) is 8.16. The smallest absolute Gasteiger partial charge is 0.274 e. The highest BCUT2D eigenvalue weighted by molar-refractivity contribution is 7.13. The Morgan fingerprint density at radius 1 is 1.30 bits per heavy atom. The standard InChI is InChI=1S/C17H14N2O3S/c20-12-8-10-4-1-2-5-11(10)14(12)19-17(21)15-16(22-9-18-15)13-6-3-7-23-13/h1-7,9,12,14,20H,8H2,(H,19,21)/t12-,14+/m0/s1. The Bertz CT molecular complexity index is 841. The maximum atomic E-state index is 12.6. The van der Waals surface area contributed by atoms with E-state index < -0.39 is 12.1 Å². The van der Waals surface area contributed by atoms with E-state index in [1.54, 1.807) is 0 Å². The zero-order valence-electron chi connectivity index (χ0n) is 12.1. The summed E-state index contributed by atoms with van der Waals surface area (Å²) in [5, 5.41) is 15.0. The van der Waals surface area contributed by atoms with Crippen LogP contribution in [0.25, 0.3) is 10.6 Å². The van der Waals surface area contributed by atoms with Crippen LogP contribution < -0.4 is 5.32 Å². The second kappa shape index (κ2) is 5.64. The number of fused-ring (bicyclic) bond motifs is 1. The molecule has 6 heteroatoms. The van der Waals surface area contributed by atoms with Crippen LogP contribution in [0.1, 0.15) is 27.7 Å². The highest BCUT2D eigenvalue weighted by Gasteiger charge is 2.33. The number of amides is 1. The summed E-state index contributed by atoms with van der Waals surface area (Å²) in [7, 11) is 0. The molecule has 2 atom stereocenters. The van der Waals surface area contributed by atoms with Crippen molar-refractivity contribution in [2.45, 2.75) is 18.6 Å². The molecular formula is C17H14N2O3S. The summed E-state index contributed by atoms with van der Waals surface area (Å²) in [6.45, 7) is 0. The molecule has 0 bridgehead atoms. The summed E-state index contributed by atoms with van der Waals surface area (Å²) in [5.74, 6) is 0.112. The molecular weight excluding hydrogens is 312 g/mol. The van der Waals surface area contributed by atoms with Crippen molar-refractivity contribution in [3.05, 3.63) is 65.0 Å². The van der Waals surface area contributed by atoms with Gasteiger partial charge in [0.05, 0.1) is 17.0 Å². The minimum absolute atomic E-state index is 0.240. The highest BCUT2D eigenvalue weighted by Crippen LogP contribution is 2.32. The maximum absolute atomic E-state index is 12.6. The van der Waals surface area contributed by atoms with Gasteiger partial charge in [0.15, 0.2) is 17.8 Å². The molecule has 2 aromatic heterocycles. The SMILES string of the molecule is O=C(N[C@@H]1c2ccccc2C[C@@H]1O)c1ncoc1-c1cccs1. The molecule has 1 aliphatic rings. The van der Waals surface area contributed by atoms with Crippen molar-refractivity contribution in [3.8, 4) is 10.6 Å². The van der Waals surface area contributed by atoms with Crippen LogP contribution in [-0.4, -0.2) is 22.1 Å². The Balaban J connectivity index is 1.61. The van der Waals surface area contributed by atoms with Crippen molar-refractivity contribution in [2.75, 3.05) is 0 Å². The molecule has 0 unspecified atom stereocenters. The van der Waals surface area contributed by atoms with E-state index in [-0.39, 0.29) is 11.6 Å². The molecule has 0 radical (unpaired) electrons. The summed E-state index contributed by atoms with van der Waals surface area (Å²) in [6, 6.07) is 11.1. The first-order chi connectivity index (χ1) is 11.2. The van der Waals surface area contributed by atoms with Gasteiger partial charge >= 0.3 is 0 Å². The third-order valence-electron chi connectivity index (χ3n) is 4.02. The lowest BCUT2D eigenvalue weighted by atomic mass is 10.1. The predicted octanol–water partition coefficient (Wildman–Crippen LogP) is 2.79. The van der Waals surface area contributed by atoms with E-state index in [9.17, 15) is 9.90 Å². The van der Waals surface area contributed by atoms with Crippen LogP contribution >= 0.6 is 11.3 Å². The van der Waals surface area contributed by atoms with Gasteiger partial charge in [-0.2, -0.15) is 0 Å². The molecule has 3 aromatic rings. The van der Waals surface area contributed by atoms with Gasteiger partial charge in [-0.1, -0.05) is 30.3 Å². The number of carbonyl (C=O) groups excluding carboxylic acids is 1. The Kier molecular flexibility index (Phi) is 3.48. The topological polar surface area (TPSA) is 75.4 Å². The van der Waals surface area contributed by atoms with Crippen LogP contribution in [0, 0.1) is 0 Å². The molecule has 4 rings (SSSR count). The second-order valence-electron chi connectivity index (χ2n) is 5.43. The van der Waals surface area contributed by atoms with Gasteiger partial charge in [-0.3, -0.25) is 4.79 Å². The molecule has 5 nitrogen and oxygen atoms in total. The fourth-order valence-electron chi connectivity index (χ4n) is 2.95. The fourth-order valence-corrected chi connectivity index (χ4v) is 3.66. The Morgan fingerprint density at radius 3 is 3.00 bits per heavy atom. The van der Waals surface area contributed by atoms with Gasteiger partial charge in [-0.05, 0) is 22.6 Å². The fraction of sp³-hybridized carbons (Fsp3) is 0.176. The number of benzene rings is 1. The minimum atomic E-state index is -0.631. The molecule has 1 aliphatic carbocycles. The molecule has 1 aromatic carbocycles. The number of aromatic nitrogens is 1. The number of nitrogens with zero attached hydrogens (tertiary/aromatic N) is 1. The number of aliphatic hydroxyl groups excluding tert-OH is 1. The summed E-state index contributed by atoms with van der Waals surface area (Å²) in [4.78, 5) is 17.5. The molecule has 116 valence electrons. The van der Waals surface area contributed by atoms with Crippen molar-refractivity contribution >= 4 is 17.2 Å². The molecule has 2 N–H and O–H groups in total. The summed E-state index contributed by atoms with van der Waals surface area (Å²) < 4.78 is 5.37. The van der Waals surface area contributed by atoms with E-state index in [2.05, 4.69) is 10.3 Å². The van der Waals surface area contributed by atoms with Crippen LogP contribution in [0.4, 0.5) is 0 Å². The Labute approximate surface area is 136 Å². The average molecular weight is 326 g/mol. The van der Waals surface area contributed by atoms with E-state index in [0.717, 1.165) is 16.0 Å². The third kappa shape index (κ3) is 2.46. The van der Waals surface area contributed by atoms with Crippen LogP contribution in [0.5, 0.6) is 0 Å². The molecule has 0 fully saturated rings. The second-order valence-corrected chi connectivity index (χ2v) is 6.38. The number of hydrogen-bond donors (Lipinski definition) is 2. The molecule has 0 saturated carbocycles. The van der Waals surface area contributed by atoms with E-state index in [1.807, 2.05) is 41.8 Å². The van der Waals surface area contributed by atoms with Gasteiger partial charge in [0.25, 0.3) is 5.91 Å². The Hall–Kier alpha value is -2.44. The van der Waals surface area contributed by atoms with E-state index in [4.69, 9.17) is 4.42 Å². The summed E-state index contributed by atoms with van der Waals surface area (Å²) in [6.07, 6.45) is 1.18. The number of hydrogen-bond acceptors (Lipinski definition) is 5. The largest absolute Gasteiger partial charge is 0.442 e. The number of thiophene rings is 1. The van der Waals surface area contributed by atoms with Gasteiger partial charge in [0.2, 0.25) is 0 Å². The number of oxazole rings is 1. The lowest BCUT2D eigenvalue weighted by Crippen LogP contribution is -2.34. The normalized spacial score (nSPS) is 19.5. The van der Waals surface area contributed by atoms with Crippen molar-refractivity contribution < 1.29 is 14.3 Å². The van der Waals surface area contributed by atoms with Crippen LogP contribution in [0.2, 0.25) is 0 Å². The lowest BCUT2D eigenvalue weighted by Gasteiger charge is -2.17. The molecule has 1 amide bonds.